The molecule has 1 unspecified atom stereocenters. The molecule has 1 aliphatic rings. The largest absolute Gasteiger partial charge is 0.490 e. The molecule has 2 rings (SSSR count). The molecule has 100 valence electrons. The first-order valence-electron chi connectivity index (χ1n) is 6.44. The van der Waals surface area contributed by atoms with E-state index in [2.05, 4.69) is 11.9 Å². The van der Waals surface area contributed by atoms with Gasteiger partial charge in [-0.05, 0) is 26.1 Å². The predicted molar refractivity (Wildman–Crippen MR) is 70.3 cm³/mol. The predicted octanol–water partition coefficient (Wildman–Crippen LogP) is 1.79. The second kappa shape index (κ2) is 6.61. The lowest BCUT2D eigenvalue weighted by Crippen LogP contribution is -2.42. The molecule has 0 amide bonds. The van der Waals surface area contributed by atoms with E-state index >= 15 is 0 Å². The van der Waals surface area contributed by atoms with Crippen LogP contribution in [0.25, 0.3) is 0 Å². The molecule has 1 aliphatic heterocycles. The highest BCUT2D eigenvalue weighted by Gasteiger charge is 2.18. The van der Waals surface area contributed by atoms with Gasteiger partial charge in [0.05, 0.1) is 13.2 Å². The fraction of sp³-hybridized carbons (Fsp3) is 0.571. The quantitative estimate of drug-likeness (QED) is 0.798. The van der Waals surface area contributed by atoms with Crippen molar-refractivity contribution in [1.82, 2.24) is 4.90 Å². The third kappa shape index (κ3) is 3.62. The summed E-state index contributed by atoms with van der Waals surface area (Å²) in [6.45, 7) is 5.86. The van der Waals surface area contributed by atoms with Crippen molar-refractivity contribution in [3.63, 3.8) is 0 Å². The molecule has 0 radical (unpaired) electrons. The van der Waals surface area contributed by atoms with E-state index in [1.165, 1.54) is 0 Å². The molecular formula is C14H21NO3. The summed E-state index contributed by atoms with van der Waals surface area (Å²) in [5.74, 6) is 1.58. The van der Waals surface area contributed by atoms with Gasteiger partial charge in [0.25, 0.3) is 0 Å². The van der Waals surface area contributed by atoms with Crippen LogP contribution < -0.4 is 9.47 Å². The molecule has 18 heavy (non-hydrogen) atoms. The van der Waals surface area contributed by atoms with Crippen molar-refractivity contribution in [1.29, 1.82) is 0 Å². The van der Waals surface area contributed by atoms with Gasteiger partial charge >= 0.3 is 0 Å². The Kier molecular flexibility index (Phi) is 4.84. The molecule has 0 spiro atoms. The first-order chi connectivity index (χ1) is 8.79. The van der Waals surface area contributed by atoms with E-state index < -0.39 is 0 Å². The Balaban J connectivity index is 1.89. The van der Waals surface area contributed by atoms with Crippen molar-refractivity contribution in [3.05, 3.63) is 24.3 Å². The lowest BCUT2D eigenvalue weighted by Gasteiger charge is -2.29. The van der Waals surface area contributed by atoms with Crippen LogP contribution in [0, 0.1) is 0 Å². The zero-order valence-corrected chi connectivity index (χ0v) is 11.1. The highest BCUT2D eigenvalue weighted by Crippen LogP contribution is 2.26. The normalized spacial score (nSPS) is 20.7. The monoisotopic (exact) mass is 251 g/mol. The minimum atomic E-state index is 0.137. The summed E-state index contributed by atoms with van der Waals surface area (Å²) in [4.78, 5) is 2.26. The molecule has 0 aromatic heterocycles. The van der Waals surface area contributed by atoms with Gasteiger partial charge in [0.1, 0.15) is 12.7 Å². The van der Waals surface area contributed by atoms with Gasteiger partial charge in [0, 0.05) is 13.1 Å². The molecule has 4 heteroatoms. The maximum absolute atomic E-state index is 5.80. The van der Waals surface area contributed by atoms with Gasteiger partial charge in [0.2, 0.25) is 0 Å². The second-order valence-corrected chi connectivity index (χ2v) is 4.45. The topological polar surface area (TPSA) is 30.9 Å². The van der Waals surface area contributed by atoms with Crippen LogP contribution in [-0.4, -0.2) is 51.0 Å². The number of hydrogen-bond acceptors (Lipinski definition) is 4. The molecule has 1 fully saturated rings. The summed E-state index contributed by atoms with van der Waals surface area (Å²) in [5, 5.41) is 0. The minimum absolute atomic E-state index is 0.137. The van der Waals surface area contributed by atoms with Gasteiger partial charge in [-0.3, -0.25) is 0 Å². The summed E-state index contributed by atoms with van der Waals surface area (Å²) in [6.07, 6.45) is 0.137. The maximum atomic E-state index is 5.80. The number of ether oxygens (including phenoxy) is 3. The van der Waals surface area contributed by atoms with Gasteiger partial charge in [-0.1, -0.05) is 12.1 Å². The number of morpholine rings is 1. The van der Waals surface area contributed by atoms with Crippen LogP contribution in [-0.2, 0) is 4.74 Å². The van der Waals surface area contributed by atoms with Crippen LogP contribution in [0.3, 0.4) is 0 Å². The van der Waals surface area contributed by atoms with Crippen molar-refractivity contribution in [2.75, 3.05) is 40.0 Å². The van der Waals surface area contributed by atoms with Crippen molar-refractivity contribution < 1.29 is 14.2 Å². The Morgan fingerprint density at radius 1 is 1.28 bits per heavy atom. The second-order valence-electron chi connectivity index (χ2n) is 4.45. The number of nitrogens with zero attached hydrogens (tertiary/aromatic N) is 1. The van der Waals surface area contributed by atoms with Gasteiger partial charge < -0.3 is 19.1 Å². The van der Waals surface area contributed by atoms with E-state index in [1.807, 2.05) is 31.2 Å². The molecule has 1 saturated heterocycles. The van der Waals surface area contributed by atoms with E-state index in [0.717, 1.165) is 31.2 Å². The smallest absolute Gasteiger partial charge is 0.161 e. The van der Waals surface area contributed by atoms with Gasteiger partial charge in [-0.15, -0.1) is 0 Å². The van der Waals surface area contributed by atoms with Crippen LogP contribution in [0.2, 0.25) is 0 Å². The number of hydrogen-bond donors (Lipinski definition) is 0. The van der Waals surface area contributed by atoms with Crippen LogP contribution in [0.1, 0.15) is 6.92 Å². The fourth-order valence-electron chi connectivity index (χ4n) is 1.99. The van der Waals surface area contributed by atoms with E-state index in [1.54, 1.807) is 0 Å². The van der Waals surface area contributed by atoms with E-state index in [4.69, 9.17) is 14.2 Å². The maximum Gasteiger partial charge on any atom is 0.161 e. The summed E-state index contributed by atoms with van der Waals surface area (Å²) in [5.41, 5.74) is 0. The zero-order valence-electron chi connectivity index (χ0n) is 11.1. The molecule has 0 saturated carbocycles. The first-order valence-corrected chi connectivity index (χ1v) is 6.44. The Labute approximate surface area is 108 Å². The molecule has 4 nitrogen and oxygen atoms in total. The van der Waals surface area contributed by atoms with Crippen LogP contribution in [0.5, 0.6) is 11.5 Å². The summed E-state index contributed by atoms with van der Waals surface area (Å²) >= 11 is 0. The summed E-state index contributed by atoms with van der Waals surface area (Å²) in [7, 11) is 2.10. The minimum Gasteiger partial charge on any atom is -0.490 e. The SMILES string of the molecule is CCOc1ccccc1OCC1CN(C)CCO1. The Morgan fingerprint density at radius 2 is 2.00 bits per heavy atom. The molecular weight excluding hydrogens is 230 g/mol. The van der Waals surface area contributed by atoms with Crippen molar-refractivity contribution in [2.24, 2.45) is 0 Å². The number of benzene rings is 1. The van der Waals surface area contributed by atoms with Gasteiger partial charge in [0.15, 0.2) is 11.5 Å². The molecule has 0 aliphatic carbocycles. The summed E-state index contributed by atoms with van der Waals surface area (Å²) < 4.78 is 17.0. The van der Waals surface area contributed by atoms with Crippen molar-refractivity contribution in [2.45, 2.75) is 13.0 Å². The van der Waals surface area contributed by atoms with Crippen molar-refractivity contribution >= 4 is 0 Å². The van der Waals surface area contributed by atoms with Crippen LogP contribution in [0.15, 0.2) is 24.3 Å². The zero-order chi connectivity index (χ0) is 12.8. The highest BCUT2D eigenvalue weighted by atomic mass is 16.5. The standard InChI is InChI=1S/C14H21NO3/c1-3-16-13-6-4-5-7-14(13)18-11-12-10-15(2)8-9-17-12/h4-7,12H,3,8-11H2,1-2H3. The number of likely N-dealkylation sites (N-methyl/N-ethyl adjacent to an activating group) is 1. The van der Waals surface area contributed by atoms with Gasteiger partial charge in [-0.2, -0.15) is 0 Å². The van der Waals surface area contributed by atoms with Crippen LogP contribution >= 0.6 is 0 Å². The lowest BCUT2D eigenvalue weighted by atomic mass is 10.3. The van der Waals surface area contributed by atoms with Crippen LogP contribution in [0.4, 0.5) is 0 Å². The van der Waals surface area contributed by atoms with Crippen molar-refractivity contribution in [3.8, 4) is 11.5 Å². The first kappa shape index (κ1) is 13.2. The Morgan fingerprint density at radius 3 is 2.67 bits per heavy atom. The summed E-state index contributed by atoms with van der Waals surface area (Å²) in [6, 6.07) is 7.75. The number of rotatable bonds is 5. The Hall–Kier alpha value is -1.26. The highest BCUT2D eigenvalue weighted by molar-refractivity contribution is 5.39. The van der Waals surface area contributed by atoms with E-state index in [9.17, 15) is 0 Å². The number of para-hydroxylation sites is 2. The van der Waals surface area contributed by atoms with E-state index in [-0.39, 0.29) is 6.10 Å². The third-order valence-corrected chi connectivity index (χ3v) is 2.92. The Bertz CT molecular complexity index is 370. The molecule has 0 N–H and O–H groups in total. The fourth-order valence-corrected chi connectivity index (χ4v) is 1.99. The molecule has 1 aromatic carbocycles. The average molecular weight is 251 g/mol. The third-order valence-electron chi connectivity index (χ3n) is 2.92. The van der Waals surface area contributed by atoms with E-state index in [0.29, 0.717) is 13.2 Å². The molecule has 1 aromatic rings. The lowest BCUT2D eigenvalue weighted by molar-refractivity contribution is -0.0406. The van der Waals surface area contributed by atoms with Gasteiger partial charge in [-0.25, -0.2) is 0 Å². The molecule has 0 bridgehead atoms. The molecule has 1 atom stereocenters. The average Bonchev–Trinajstić information content (AvgIpc) is 2.38. The molecule has 1 heterocycles.